The molecule has 3 heteroatoms. The Bertz CT molecular complexity index is 453. The topological polar surface area (TPSA) is 29.1 Å². The number of carbonyl (C=O) groups is 1. The van der Waals surface area contributed by atoms with Crippen LogP contribution in [-0.2, 0) is 4.79 Å². The average molecular weight is 236 g/mol. The molecule has 0 aliphatic heterocycles. The van der Waals surface area contributed by atoms with Gasteiger partial charge < -0.3 is 5.32 Å². The number of anilines is 1. The number of Topliss-reactive ketones (excluding diaryl/α,β-unsaturated/α-hetero) is 1. The highest BCUT2D eigenvalue weighted by Crippen LogP contribution is 2.25. The second-order valence-corrected chi connectivity index (χ2v) is 4.62. The minimum Gasteiger partial charge on any atom is -0.378 e. The van der Waals surface area contributed by atoms with E-state index in [0.29, 0.717) is 5.02 Å². The molecule has 1 aliphatic rings. The Morgan fingerprint density at radius 2 is 2.12 bits per heavy atom. The summed E-state index contributed by atoms with van der Waals surface area (Å²) in [6, 6.07) is 7.61. The van der Waals surface area contributed by atoms with Crippen LogP contribution in [0.25, 0.3) is 0 Å². The van der Waals surface area contributed by atoms with Crippen LogP contribution in [0.5, 0.6) is 0 Å². The van der Waals surface area contributed by atoms with Crippen molar-refractivity contribution in [2.75, 3.05) is 5.32 Å². The summed E-state index contributed by atoms with van der Waals surface area (Å²) >= 11 is 5.90. The van der Waals surface area contributed by atoms with Gasteiger partial charge in [0, 0.05) is 16.6 Å². The van der Waals surface area contributed by atoms with Gasteiger partial charge in [-0.2, -0.15) is 0 Å². The zero-order valence-electron chi connectivity index (χ0n) is 9.33. The summed E-state index contributed by atoms with van der Waals surface area (Å²) in [5.41, 5.74) is 1.79. The van der Waals surface area contributed by atoms with E-state index in [1.165, 1.54) is 0 Å². The van der Waals surface area contributed by atoms with Crippen LogP contribution in [0.3, 0.4) is 0 Å². The number of ketones is 1. The van der Waals surface area contributed by atoms with E-state index in [1.54, 1.807) is 0 Å². The van der Waals surface area contributed by atoms with Crippen LogP contribution in [0, 0.1) is 5.92 Å². The molecule has 2 atom stereocenters. The average Bonchev–Trinajstić information content (AvgIpc) is 2.47. The molecule has 0 amide bonds. The fourth-order valence-corrected chi connectivity index (χ4v) is 2.15. The second kappa shape index (κ2) is 4.30. The number of benzene rings is 1. The lowest BCUT2D eigenvalue weighted by Crippen LogP contribution is -2.25. The maximum Gasteiger partial charge on any atom is 0.163 e. The van der Waals surface area contributed by atoms with Gasteiger partial charge in [0.2, 0.25) is 0 Å². The zero-order chi connectivity index (χ0) is 11.7. The zero-order valence-corrected chi connectivity index (χ0v) is 10.1. The third kappa shape index (κ3) is 2.12. The molecular formula is C13H14ClNO. The van der Waals surface area contributed by atoms with Crippen molar-refractivity contribution in [3.8, 4) is 0 Å². The van der Waals surface area contributed by atoms with Gasteiger partial charge in [-0.25, -0.2) is 0 Å². The predicted molar refractivity (Wildman–Crippen MR) is 66.8 cm³/mol. The van der Waals surface area contributed by atoms with Gasteiger partial charge in [0.05, 0.1) is 6.04 Å². The number of allylic oxidation sites excluding steroid dienone is 1. The Morgan fingerprint density at radius 1 is 1.38 bits per heavy atom. The normalized spacial score (nSPS) is 24.4. The van der Waals surface area contributed by atoms with Gasteiger partial charge in [-0.1, -0.05) is 30.7 Å². The molecule has 0 spiro atoms. The fraction of sp³-hybridized carbons (Fsp3) is 0.308. The van der Waals surface area contributed by atoms with E-state index in [0.717, 1.165) is 11.3 Å². The second-order valence-electron chi connectivity index (χ2n) is 4.18. The van der Waals surface area contributed by atoms with Crippen LogP contribution < -0.4 is 5.32 Å². The van der Waals surface area contributed by atoms with E-state index in [-0.39, 0.29) is 17.7 Å². The summed E-state index contributed by atoms with van der Waals surface area (Å²) in [6.07, 6.45) is 1.98. The summed E-state index contributed by atoms with van der Waals surface area (Å²) < 4.78 is 0. The first-order valence-corrected chi connectivity index (χ1v) is 5.70. The quantitative estimate of drug-likeness (QED) is 0.852. The first kappa shape index (κ1) is 11.2. The molecule has 0 bridgehead atoms. The van der Waals surface area contributed by atoms with E-state index >= 15 is 0 Å². The van der Waals surface area contributed by atoms with Crippen LogP contribution in [-0.4, -0.2) is 11.8 Å². The summed E-state index contributed by atoms with van der Waals surface area (Å²) in [5.74, 6) is 0.221. The van der Waals surface area contributed by atoms with Gasteiger partial charge in [-0.3, -0.25) is 4.79 Å². The number of carbonyl (C=O) groups excluding carboxylic acids is 1. The molecule has 0 heterocycles. The van der Waals surface area contributed by atoms with Crippen molar-refractivity contribution < 1.29 is 4.79 Å². The maximum absolute atomic E-state index is 11.6. The van der Waals surface area contributed by atoms with Gasteiger partial charge in [0.25, 0.3) is 0 Å². The molecule has 0 saturated carbocycles. The molecule has 2 rings (SSSR count). The summed E-state index contributed by atoms with van der Waals surface area (Å²) in [4.78, 5) is 11.6. The molecule has 0 fully saturated rings. The molecule has 84 valence electrons. The first-order valence-electron chi connectivity index (χ1n) is 5.32. The summed E-state index contributed by atoms with van der Waals surface area (Å²) in [6.45, 7) is 3.80. The minimum atomic E-state index is -0.000943. The van der Waals surface area contributed by atoms with E-state index in [9.17, 15) is 4.79 Å². The highest BCUT2D eigenvalue weighted by atomic mass is 35.5. The van der Waals surface area contributed by atoms with Crippen molar-refractivity contribution in [3.05, 3.63) is 40.9 Å². The Labute approximate surface area is 100 Å². The lowest BCUT2D eigenvalue weighted by molar-refractivity contribution is -0.117. The summed E-state index contributed by atoms with van der Waals surface area (Å²) in [7, 11) is 0. The molecule has 0 unspecified atom stereocenters. The largest absolute Gasteiger partial charge is 0.378 e. The number of halogens is 1. The molecule has 2 nitrogen and oxygen atoms in total. The van der Waals surface area contributed by atoms with Gasteiger partial charge in [0.1, 0.15) is 0 Å². The minimum absolute atomic E-state index is 0.000943. The van der Waals surface area contributed by atoms with E-state index < -0.39 is 0 Å². The van der Waals surface area contributed by atoms with E-state index in [1.807, 2.05) is 44.2 Å². The standard InChI is InChI=1S/C13H14ClNO/c1-8-6-12(9(2)13(8)16)15-11-5-3-4-10(14)7-11/h3-7,9,12,15H,1-2H3/t9-,12+/m0/s1. The molecule has 1 aromatic rings. The Hall–Kier alpha value is -1.28. The van der Waals surface area contributed by atoms with Crippen molar-refractivity contribution in [1.82, 2.24) is 0 Å². The van der Waals surface area contributed by atoms with E-state index in [4.69, 9.17) is 11.6 Å². The molecule has 1 aliphatic carbocycles. The molecule has 16 heavy (non-hydrogen) atoms. The monoisotopic (exact) mass is 235 g/mol. The van der Waals surface area contributed by atoms with Crippen molar-refractivity contribution in [3.63, 3.8) is 0 Å². The summed E-state index contributed by atoms with van der Waals surface area (Å²) in [5, 5.41) is 4.01. The number of nitrogens with one attached hydrogen (secondary N) is 1. The lowest BCUT2D eigenvalue weighted by Gasteiger charge is -2.16. The fourth-order valence-electron chi connectivity index (χ4n) is 1.96. The molecule has 0 radical (unpaired) electrons. The Kier molecular flexibility index (Phi) is 3.01. The van der Waals surface area contributed by atoms with Crippen LogP contribution in [0.4, 0.5) is 5.69 Å². The van der Waals surface area contributed by atoms with Crippen LogP contribution in [0.1, 0.15) is 13.8 Å². The molecule has 0 saturated heterocycles. The van der Waals surface area contributed by atoms with Crippen LogP contribution in [0.15, 0.2) is 35.9 Å². The molecule has 1 N–H and O–H groups in total. The highest BCUT2D eigenvalue weighted by molar-refractivity contribution is 6.30. The van der Waals surface area contributed by atoms with Crippen molar-refractivity contribution in [2.45, 2.75) is 19.9 Å². The van der Waals surface area contributed by atoms with Crippen molar-refractivity contribution in [2.24, 2.45) is 5.92 Å². The lowest BCUT2D eigenvalue weighted by atomic mass is 10.0. The van der Waals surface area contributed by atoms with Crippen LogP contribution in [0.2, 0.25) is 5.02 Å². The van der Waals surface area contributed by atoms with Gasteiger partial charge >= 0.3 is 0 Å². The predicted octanol–water partition coefficient (Wildman–Crippen LogP) is 3.29. The Balaban J connectivity index is 2.15. The molecular weight excluding hydrogens is 222 g/mol. The third-order valence-electron chi connectivity index (χ3n) is 2.93. The SMILES string of the molecule is CC1=C[C@@H](Nc2cccc(Cl)c2)[C@H](C)C1=O. The van der Waals surface area contributed by atoms with E-state index in [2.05, 4.69) is 5.32 Å². The van der Waals surface area contributed by atoms with Gasteiger partial charge in [-0.15, -0.1) is 0 Å². The van der Waals surface area contributed by atoms with Gasteiger partial charge in [0.15, 0.2) is 5.78 Å². The maximum atomic E-state index is 11.6. The first-order chi connectivity index (χ1) is 7.58. The van der Waals surface area contributed by atoms with Crippen molar-refractivity contribution in [1.29, 1.82) is 0 Å². The number of hydrogen-bond acceptors (Lipinski definition) is 2. The highest BCUT2D eigenvalue weighted by Gasteiger charge is 2.29. The molecule has 0 aromatic heterocycles. The number of hydrogen-bond donors (Lipinski definition) is 1. The number of rotatable bonds is 2. The van der Waals surface area contributed by atoms with Crippen molar-refractivity contribution >= 4 is 23.1 Å². The van der Waals surface area contributed by atoms with Crippen LogP contribution >= 0.6 is 11.6 Å². The Morgan fingerprint density at radius 3 is 2.69 bits per heavy atom. The van der Waals surface area contributed by atoms with Gasteiger partial charge in [-0.05, 0) is 30.7 Å². The smallest absolute Gasteiger partial charge is 0.163 e. The molecule has 1 aromatic carbocycles. The third-order valence-corrected chi connectivity index (χ3v) is 3.16.